The van der Waals surface area contributed by atoms with Crippen molar-refractivity contribution in [3.8, 4) is 0 Å². The van der Waals surface area contributed by atoms with Gasteiger partial charge in [0.05, 0.1) is 66.1 Å². The standard InChI is InChI=1S/C11H23NO6/c12-18-10-11-9-16-6-5-14-2-1-13-3-4-15-7-8-17-11/h11H,1-10,12H2. The number of rotatable bonds is 2. The number of ether oxygens (including phenoxy) is 5. The molecule has 1 fully saturated rings. The number of hydrogen-bond acceptors (Lipinski definition) is 7. The van der Waals surface area contributed by atoms with Crippen LogP contribution in [0.3, 0.4) is 0 Å². The van der Waals surface area contributed by atoms with Crippen LogP contribution in [0.15, 0.2) is 0 Å². The average molecular weight is 265 g/mol. The molecule has 1 heterocycles. The molecule has 0 amide bonds. The highest BCUT2D eigenvalue weighted by atomic mass is 16.6. The summed E-state index contributed by atoms with van der Waals surface area (Å²) in [5.41, 5.74) is 0. The summed E-state index contributed by atoms with van der Waals surface area (Å²) >= 11 is 0. The van der Waals surface area contributed by atoms with Crippen LogP contribution in [0.4, 0.5) is 0 Å². The molecule has 0 aromatic rings. The van der Waals surface area contributed by atoms with Crippen molar-refractivity contribution in [2.45, 2.75) is 6.10 Å². The molecule has 108 valence electrons. The molecule has 0 aromatic carbocycles. The highest BCUT2D eigenvalue weighted by Crippen LogP contribution is 1.95. The van der Waals surface area contributed by atoms with E-state index in [0.29, 0.717) is 66.1 Å². The van der Waals surface area contributed by atoms with Crippen molar-refractivity contribution >= 4 is 0 Å². The largest absolute Gasteiger partial charge is 0.377 e. The topological polar surface area (TPSA) is 81.4 Å². The molecule has 0 spiro atoms. The predicted octanol–water partition coefficient (Wildman–Crippen LogP) is -0.658. The van der Waals surface area contributed by atoms with E-state index in [0.717, 1.165) is 0 Å². The van der Waals surface area contributed by atoms with E-state index in [1.54, 1.807) is 0 Å². The Hall–Kier alpha value is -0.280. The molecule has 0 saturated carbocycles. The van der Waals surface area contributed by atoms with Gasteiger partial charge in [0.2, 0.25) is 0 Å². The normalized spacial score (nSPS) is 26.2. The molecular formula is C11H23NO6. The monoisotopic (exact) mass is 265 g/mol. The molecule has 1 saturated heterocycles. The Morgan fingerprint density at radius 1 is 0.778 bits per heavy atom. The van der Waals surface area contributed by atoms with Crippen LogP contribution in [0.1, 0.15) is 0 Å². The molecule has 7 heteroatoms. The van der Waals surface area contributed by atoms with Gasteiger partial charge in [-0.2, -0.15) is 0 Å². The van der Waals surface area contributed by atoms with Crippen molar-refractivity contribution in [2.75, 3.05) is 66.1 Å². The van der Waals surface area contributed by atoms with Gasteiger partial charge in [-0.25, -0.2) is 5.90 Å². The molecule has 2 N–H and O–H groups in total. The van der Waals surface area contributed by atoms with Crippen LogP contribution < -0.4 is 5.90 Å². The van der Waals surface area contributed by atoms with Crippen LogP contribution in [0, 0.1) is 0 Å². The quantitative estimate of drug-likeness (QED) is 0.664. The first kappa shape index (κ1) is 15.8. The third kappa shape index (κ3) is 8.76. The Kier molecular flexibility index (Phi) is 10.3. The van der Waals surface area contributed by atoms with Crippen LogP contribution in [0.2, 0.25) is 0 Å². The second-order valence-electron chi connectivity index (χ2n) is 3.74. The van der Waals surface area contributed by atoms with Crippen LogP contribution in [0.25, 0.3) is 0 Å². The summed E-state index contributed by atoms with van der Waals surface area (Å²) in [7, 11) is 0. The second kappa shape index (κ2) is 11.8. The molecule has 1 aliphatic heterocycles. The van der Waals surface area contributed by atoms with E-state index >= 15 is 0 Å². The SMILES string of the molecule is NOCC1COCCOCCOCCOCCO1. The van der Waals surface area contributed by atoms with Crippen LogP contribution in [0.5, 0.6) is 0 Å². The zero-order valence-corrected chi connectivity index (χ0v) is 10.7. The molecular weight excluding hydrogens is 242 g/mol. The average Bonchev–Trinajstić information content (AvgIpc) is 2.39. The second-order valence-corrected chi connectivity index (χ2v) is 3.74. The van der Waals surface area contributed by atoms with Crippen molar-refractivity contribution in [3.05, 3.63) is 0 Å². The van der Waals surface area contributed by atoms with Gasteiger partial charge < -0.3 is 28.5 Å². The minimum absolute atomic E-state index is 0.181. The van der Waals surface area contributed by atoms with E-state index in [-0.39, 0.29) is 6.10 Å². The third-order valence-electron chi connectivity index (χ3n) is 2.28. The molecule has 7 nitrogen and oxygen atoms in total. The molecule has 1 unspecified atom stereocenters. The molecule has 18 heavy (non-hydrogen) atoms. The number of nitrogens with two attached hydrogens (primary N) is 1. The van der Waals surface area contributed by atoms with E-state index in [2.05, 4.69) is 4.84 Å². The van der Waals surface area contributed by atoms with Gasteiger partial charge in [0, 0.05) is 0 Å². The van der Waals surface area contributed by atoms with Crippen molar-refractivity contribution in [1.29, 1.82) is 0 Å². The Labute approximate surface area is 107 Å². The first-order valence-electron chi connectivity index (χ1n) is 6.17. The fourth-order valence-corrected chi connectivity index (χ4v) is 1.40. The molecule has 0 aliphatic carbocycles. The third-order valence-corrected chi connectivity index (χ3v) is 2.28. The lowest BCUT2D eigenvalue weighted by molar-refractivity contribution is -0.0782. The summed E-state index contributed by atoms with van der Waals surface area (Å²) in [5.74, 6) is 5.03. The maximum Gasteiger partial charge on any atom is 0.106 e. The number of hydrogen-bond donors (Lipinski definition) is 1. The summed E-state index contributed by atoms with van der Waals surface area (Å²) in [4.78, 5) is 4.57. The fraction of sp³-hybridized carbons (Fsp3) is 1.00. The van der Waals surface area contributed by atoms with Crippen molar-refractivity contribution in [2.24, 2.45) is 5.90 Å². The van der Waals surface area contributed by atoms with Gasteiger partial charge in [-0.15, -0.1) is 0 Å². The summed E-state index contributed by atoms with van der Waals surface area (Å²) in [6.45, 7) is 5.03. The Balaban J connectivity index is 2.20. The molecule has 1 rings (SSSR count). The van der Waals surface area contributed by atoms with E-state index in [4.69, 9.17) is 29.6 Å². The molecule has 0 aromatic heterocycles. The van der Waals surface area contributed by atoms with Crippen molar-refractivity contribution in [1.82, 2.24) is 0 Å². The molecule has 0 bridgehead atoms. The van der Waals surface area contributed by atoms with E-state index < -0.39 is 0 Å². The molecule has 1 atom stereocenters. The fourth-order valence-electron chi connectivity index (χ4n) is 1.40. The first-order valence-corrected chi connectivity index (χ1v) is 6.17. The lowest BCUT2D eigenvalue weighted by Crippen LogP contribution is -2.29. The summed E-state index contributed by atoms with van der Waals surface area (Å²) < 4.78 is 26.9. The minimum atomic E-state index is -0.181. The van der Waals surface area contributed by atoms with Gasteiger partial charge in [0.25, 0.3) is 0 Å². The Morgan fingerprint density at radius 2 is 1.28 bits per heavy atom. The van der Waals surface area contributed by atoms with Gasteiger partial charge in [-0.05, 0) is 0 Å². The van der Waals surface area contributed by atoms with E-state index in [9.17, 15) is 0 Å². The smallest absolute Gasteiger partial charge is 0.106 e. The maximum atomic E-state index is 5.52. The van der Waals surface area contributed by atoms with E-state index in [1.165, 1.54) is 0 Å². The van der Waals surface area contributed by atoms with Gasteiger partial charge in [0.1, 0.15) is 6.10 Å². The summed E-state index contributed by atoms with van der Waals surface area (Å²) in [6, 6.07) is 0. The van der Waals surface area contributed by atoms with Crippen molar-refractivity contribution < 1.29 is 28.5 Å². The van der Waals surface area contributed by atoms with Crippen LogP contribution in [-0.4, -0.2) is 72.2 Å². The zero-order valence-electron chi connectivity index (χ0n) is 10.7. The van der Waals surface area contributed by atoms with Crippen LogP contribution >= 0.6 is 0 Å². The molecule has 0 radical (unpaired) electrons. The lowest BCUT2D eigenvalue weighted by atomic mass is 10.4. The van der Waals surface area contributed by atoms with Gasteiger partial charge in [-0.3, -0.25) is 0 Å². The first-order chi connectivity index (χ1) is 8.93. The zero-order chi connectivity index (χ0) is 12.9. The highest BCUT2D eigenvalue weighted by molar-refractivity contribution is 4.55. The van der Waals surface area contributed by atoms with Gasteiger partial charge in [-0.1, -0.05) is 0 Å². The maximum absolute atomic E-state index is 5.52. The Morgan fingerprint density at radius 3 is 1.83 bits per heavy atom. The summed E-state index contributed by atoms with van der Waals surface area (Å²) in [6.07, 6.45) is -0.181. The van der Waals surface area contributed by atoms with Gasteiger partial charge in [0.15, 0.2) is 0 Å². The molecule has 1 aliphatic rings. The minimum Gasteiger partial charge on any atom is -0.377 e. The van der Waals surface area contributed by atoms with Crippen molar-refractivity contribution in [3.63, 3.8) is 0 Å². The van der Waals surface area contributed by atoms with E-state index in [1.807, 2.05) is 0 Å². The van der Waals surface area contributed by atoms with Crippen LogP contribution in [-0.2, 0) is 28.5 Å². The highest BCUT2D eigenvalue weighted by Gasteiger charge is 2.09. The Bertz CT molecular complexity index is 167. The van der Waals surface area contributed by atoms with Gasteiger partial charge >= 0.3 is 0 Å². The predicted molar refractivity (Wildman–Crippen MR) is 63.2 cm³/mol. The summed E-state index contributed by atoms with van der Waals surface area (Å²) in [5, 5.41) is 0. The lowest BCUT2D eigenvalue weighted by Gasteiger charge is -2.16.